The maximum absolute atomic E-state index is 4.65. The fourth-order valence-electron chi connectivity index (χ4n) is 3.10. The van der Waals surface area contributed by atoms with E-state index in [1.54, 1.807) is 0 Å². The Bertz CT molecular complexity index is 388. The van der Waals surface area contributed by atoms with Crippen molar-refractivity contribution >= 4 is 28.6 Å². The molecule has 1 aromatic carbocycles. The van der Waals surface area contributed by atoms with E-state index in [0.717, 1.165) is 18.8 Å². The molecule has 3 heteroatoms. The number of hydrogen-bond donors (Lipinski definition) is 1. The molecule has 0 atom stereocenters. The van der Waals surface area contributed by atoms with Crippen LogP contribution in [0.2, 0.25) is 0 Å². The first-order valence-electron chi connectivity index (χ1n) is 7.59. The summed E-state index contributed by atoms with van der Waals surface area (Å²) in [7, 11) is 2.23. The first kappa shape index (κ1) is 18.1. The third-order valence-corrected chi connectivity index (χ3v) is 5.34. The van der Waals surface area contributed by atoms with Crippen molar-refractivity contribution in [1.82, 2.24) is 4.90 Å². The zero-order valence-electron chi connectivity index (χ0n) is 13.0. The molecule has 114 valence electrons. The number of thiol groups is 1. The van der Waals surface area contributed by atoms with Gasteiger partial charge in [0.25, 0.3) is 0 Å². The summed E-state index contributed by atoms with van der Waals surface area (Å²) >= 11 is 8.30. The summed E-state index contributed by atoms with van der Waals surface area (Å²) in [5, 5.41) is 0. The van der Waals surface area contributed by atoms with Gasteiger partial charge in [0.05, 0.1) is 0 Å². The Kier molecular flexibility index (Phi) is 8.23. The van der Waals surface area contributed by atoms with Crippen molar-refractivity contribution in [3.05, 3.63) is 34.3 Å². The van der Waals surface area contributed by atoms with Gasteiger partial charge in [0, 0.05) is 17.6 Å². The summed E-state index contributed by atoms with van der Waals surface area (Å²) in [4.78, 5) is 2.45. The fraction of sp³-hybridized carbons (Fsp3) is 0.647. The molecule has 1 nitrogen and oxygen atoms in total. The number of nitrogens with zero attached hydrogens (tertiary/aromatic N) is 1. The molecular formula is C17H28BrNS. The smallest absolute Gasteiger partial charge is 0.0242 e. The Labute approximate surface area is 138 Å². The van der Waals surface area contributed by atoms with Crippen LogP contribution in [0.25, 0.3) is 0 Å². The second kappa shape index (κ2) is 9.11. The summed E-state index contributed by atoms with van der Waals surface area (Å²) in [6, 6.07) is 8.49. The van der Waals surface area contributed by atoms with Crippen molar-refractivity contribution in [3.63, 3.8) is 0 Å². The summed E-state index contributed by atoms with van der Waals surface area (Å²) < 4.78 is 1.20. The molecule has 20 heavy (non-hydrogen) atoms. The maximum Gasteiger partial charge on any atom is 0.0242 e. The van der Waals surface area contributed by atoms with Crippen molar-refractivity contribution in [2.45, 2.75) is 46.1 Å². The molecule has 0 unspecified atom stereocenters. The highest BCUT2D eigenvalue weighted by Gasteiger charge is 2.28. The van der Waals surface area contributed by atoms with Crippen LogP contribution in [-0.4, -0.2) is 24.2 Å². The minimum absolute atomic E-state index is 0.364. The largest absolute Gasteiger partial charge is 0.301 e. The summed E-state index contributed by atoms with van der Waals surface area (Å²) in [6.45, 7) is 6.67. The first-order valence-corrected chi connectivity index (χ1v) is 9.02. The zero-order valence-corrected chi connectivity index (χ0v) is 15.5. The number of benzene rings is 1. The number of rotatable bonds is 9. The molecule has 0 fully saturated rings. The van der Waals surface area contributed by atoms with Gasteiger partial charge >= 0.3 is 0 Å². The highest BCUT2D eigenvalue weighted by molar-refractivity contribution is 9.10. The Morgan fingerprint density at radius 1 is 1.15 bits per heavy atom. The van der Waals surface area contributed by atoms with Gasteiger partial charge in [-0.15, -0.1) is 0 Å². The van der Waals surface area contributed by atoms with Crippen molar-refractivity contribution in [1.29, 1.82) is 0 Å². The van der Waals surface area contributed by atoms with Gasteiger partial charge < -0.3 is 4.90 Å². The van der Waals surface area contributed by atoms with Crippen LogP contribution in [0.15, 0.2) is 28.7 Å². The molecule has 0 aliphatic rings. The van der Waals surface area contributed by atoms with E-state index in [9.17, 15) is 0 Å². The van der Waals surface area contributed by atoms with Gasteiger partial charge in [-0.3, -0.25) is 0 Å². The molecule has 0 bridgehead atoms. The summed E-state index contributed by atoms with van der Waals surface area (Å²) in [5.41, 5.74) is 1.72. The molecule has 1 rings (SSSR count). The molecule has 0 saturated heterocycles. The van der Waals surface area contributed by atoms with Crippen LogP contribution in [0.4, 0.5) is 0 Å². The Balaban J connectivity index is 2.70. The highest BCUT2D eigenvalue weighted by Crippen LogP contribution is 2.32. The van der Waals surface area contributed by atoms with Crippen LogP contribution in [0.1, 0.15) is 45.1 Å². The zero-order chi connectivity index (χ0) is 15.0. The van der Waals surface area contributed by atoms with Gasteiger partial charge in [-0.05, 0) is 42.7 Å². The Morgan fingerprint density at radius 3 is 2.25 bits per heavy atom. The van der Waals surface area contributed by atoms with E-state index >= 15 is 0 Å². The second-order valence-electron chi connectivity index (χ2n) is 5.92. The van der Waals surface area contributed by atoms with E-state index < -0.39 is 0 Å². The second-order valence-corrected chi connectivity index (χ2v) is 7.09. The standard InChI is InChI=1S/C17H28BrNS/c1-4-10-17(14-20,11-5-2)13-19(3)12-15-8-6-7-9-16(15)18/h6-9,20H,4-5,10-14H2,1-3H3. The third kappa shape index (κ3) is 5.42. The summed E-state index contributed by atoms with van der Waals surface area (Å²) in [6.07, 6.45) is 5.02. The molecule has 0 aromatic heterocycles. The molecule has 0 amide bonds. The van der Waals surface area contributed by atoms with Crippen LogP contribution in [0.3, 0.4) is 0 Å². The molecule has 0 aliphatic carbocycles. The summed E-state index contributed by atoms with van der Waals surface area (Å²) in [5.74, 6) is 0.981. The van der Waals surface area contributed by atoms with Crippen LogP contribution >= 0.6 is 28.6 Å². The lowest BCUT2D eigenvalue weighted by molar-refractivity contribution is 0.165. The molecule has 0 radical (unpaired) electrons. The van der Waals surface area contributed by atoms with Crippen LogP contribution < -0.4 is 0 Å². The maximum atomic E-state index is 4.65. The quantitative estimate of drug-likeness (QED) is 0.579. The first-order chi connectivity index (χ1) is 9.56. The van der Waals surface area contributed by atoms with E-state index in [1.165, 1.54) is 35.7 Å². The van der Waals surface area contributed by atoms with Gasteiger partial charge in [-0.25, -0.2) is 0 Å². The molecule has 0 N–H and O–H groups in total. The Morgan fingerprint density at radius 2 is 1.75 bits per heavy atom. The van der Waals surface area contributed by atoms with Crippen molar-refractivity contribution in [3.8, 4) is 0 Å². The lowest BCUT2D eigenvalue weighted by atomic mass is 9.80. The van der Waals surface area contributed by atoms with Crippen molar-refractivity contribution in [2.75, 3.05) is 19.3 Å². The molecule has 0 heterocycles. The van der Waals surface area contributed by atoms with E-state index in [0.29, 0.717) is 5.41 Å². The van der Waals surface area contributed by atoms with Crippen molar-refractivity contribution in [2.24, 2.45) is 5.41 Å². The predicted octanol–water partition coefficient (Wildman–Crippen LogP) is 5.40. The monoisotopic (exact) mass is 357 g/mol. The highest BCUT2D eigenvalue weighted by atomic mass is 79.9. The van der Waals surface area contributed by atoms with Crippen LogP contribution in [0.5, 0.6) is 0 Å². The number of halogens is 1. The fourth-order valence-corrected chi connectivity index (χ4v) is 3.92. The van der Waals surface area contributed by atoms with Crippen molar-refractivity contribution < 1.29 is 0 Å². The molecule has 0 spiro atoms. The average molecular weight is 358 g/mol. The molecular weight excluding hydrogens is 330 g/mol. The molecule has 0 saturated carbocycles. The van der Waals surface area contributed by atoms with Crippen LogP contribution in [-0.2, 0) is 6.54 Å². The average Bonchev–Trinajstić information content (AvgIpc) is 2.42. The SMILES string of the molecule is CCCC(CS)(CCC)CN(C)Cc1ccccc1Br. The predicted molar refractivity (Wildman–Crippen MR) is 96.6 cm³/mol. The normalized spacial score (nSPS) is 12.1. The van der Waals surface area contributed by atoms with Gasteiger partial charge in [0.2, 0.25) is 0 Å². The van der Waals surface area contributed by atoms with E-state index in [-0.39, 0.29) is 0 Å². The van der Waals surface area contributed by atoms with Gasteiger partial charge in [0.1, 0.15) is 0 Å². The Hall–Kier alpha value is 0.01000. The molecule has 0 aliphatic heterocycles. The number of hydrogen-bond acceptors (Lipinski definition) is 2. The van der Waals surface area contributed by atoms with Gasteiger partial charge in [-0.2, -0.15) is 12.6 Å². The van der Waals surface area contributed by atoms with Crippen LogP contribution in [0, 0.1) is 5.41 Å². The minimum atomic E-state index is 0.364. The third-order valence-electron chi connectivity index (χ3n) is 3.90. The lowest BCUT2D eigenvalue weighted by Crippen LogP contribution is -2.37. The van der Waals surface area contributed by atoms with E-state index in [4.69, 9.17) is 0 Å². The topological polar surface area (TPSA) is 3.24 Å². The van der Waals surface area contributed by atoms with Gasteiger partial charge in [0.15, 0.2) is 0 Å². The van der Waals surface area contributed by atoms with E-state index in [1.807, 2.05) is 0 Å². The lowest BCUT2D eigenvalue weighted by Gasteiger charge is -2.36. The minimum Gasteiger partial charge on any atom is -0.301 e. The molecule has 1 aromatic rings. The van der Waals surface area contributed by atoms with Gasteiger partial charge in [-0.1, -0.05) is 60.8 Å². The van der Waals surface area contributed by atoms with E-state index in [2.05, 4.69) is 78.6 Å².